The second kappa shape index (κ2) is 7.03. The monoisotopic (exact) mass is 355 g/mol. The summed E-state index contributed by atoms with van der Waals surface area (Å²) >= 11 is 0. The van der Waals surface area contributed by atoms with Gasteiger partial charge in [0, 0.05) is 25.3 Å². The molecule has 138 valence electrons. The molecule has 5 nitrogen and oxygen atoms in total. The molecule has 0 radical (unpaired) electrons. The molecule has 3 heterocycles. The first-order valence-electron chi connectivity index (χ1n) is 8.59. The molecule has 0 spiro atoms. The fourth-order valence-electron chi connectivity index (χ4n) is 3.45. The van der Waals surface area contributed by atoms with Crippen LogP contribution in [-0.2, 0) is 6.54 Å². The smallest absolute Gasteiger partial charge is 0.208 e. The second-order valence-corrected chi connectivity index (χ2v) is 6.93. The number of hydrogen-bond acceptors (Lipinski definition) is 4. The molecule has 0 saturated carbocycles. The van der Waals surface area contributed by atoms with Crippen LogP contribution in [0.1, 0.15) is 30.5 Å². The average Bonchev–Trinajstić information content (AvgIpc) is 3.15. The van der Waals surface area contributed by atoms with Gasteiger partial charge in [-0.15, -0.1) is 0 Å². The van der Waals surface area contributed by atoms with Gasteiger partial charge in [0.05, 0.1) is 12.1 Å². The lowest BCUT2D eigenvalue weighted by Gasteiger charge is -2.19. The Hall–Kier alpha value is -2.47. The van der Waals surface area contributed by atoms with Gasteiger partial charge in [0.2, 0.25) is 5.95 Å². The molecular formula is C20H26FN5. The highest BCUT2D eigenvalue weighted by molar-refractivity contribution is 5.76. The van der Waals surface area contributed by atoms with Gasteiger partial charge in [-0.2, -0.15) is 4.98 Å². The summed E-state index contributed by atoms with van der Waals surface area (Å²) in [6, 6.07) is 7.53. The maximum atomic E-state index is 13.6. The van der Waals surface area contributed by atoms with Crippen LogP contribution in [0.2, 0.25) is 0 Å². The zero-order valence-corrected chi connectivity index (χ0v) is 14.5. The van der Waals surface area contributed by atoms with Crippen LogP contribution in [-0.4, -0.2) is 33.7 Å². The number of nitrogens with zero attached hydrogens (tertiary/aromatic N) is 4. The molecule has 0 bridgehead atoms. The molecule has 1 unspecified atom stereocenters. The van der Waals surface area contributed by atoms with Crippen LogP contribution in [0.3, 0.4) is 0 Å². The van der Waals surface area contributed by atoms with Gasteiger partial charge in [0.1, 0.15) is 5.82 Å². The fraction of sp³-hybridized carbons (Fsp3) is 0.400. The number of aryl methyl sites for hydroxylation is 2. The summed E-state index contributed by atoms with van der Waals surface area (Å²) in [6.45, 7) is 6.13. The molecule has 2 N–H and O–H groups in total. The van der Waals surface area contributed by atoms with Crippen molar-refractivity contribution in [3.63, 3.8) is 0 Å². The Bertz CT molecular complexity index is 933. The highest BCUT2D eigenvalue weighted by Crippen LogP contribution is 2.26. The quantitative estimate of drug-likeness (QED) is 0.782. The summed E-state index contributed by atoms with van der Waals surface area (Å²) in [5.74, 6) is 0.713. The fourth-order valence-corrected chi connectivity index (χ4v) is 3.45. The van der Waals surface area contributed by atoms with E-state index >= 15 is 0 Å². The Labute approximate surface area is 153 Å². The molecule has 0 aliphatic carbocycles. The first kappa shape index (κ1) is 18.3. The van der Waals surface area contributed by atoms with E-state index in [1.54, 1.807) is 6.92 Å². The highest BCUT2D eigenvalue weighted by atomic mass is 19.1. The summed E-state index contributed by atoms with van der Waals surface area (Å²) in [7, 11) is 0. The minimum atomic E-state index is -0.178. The van der Waals surface area contributed by atoms with Gasteiger partial charge in [-0.05, 0) is 49.1 Å². The number of pyridine rings is 1. The minimum Gasteiger partial charge on any atom is -0.341 e. The zero-order valence-electron chi connectivity index (χ0n) is 14.5. The number of imidazole rings is 1. The number of rotatable bonds is 3. The number of fused-ring (bicyclic) bond motifs is 1. The Balaban J connectivity index is 0.00000196. The largest absolute Gasteiger partial charge is 0.341 e. The van der Waals surface area contributed by atoms with Gasteiger partial charge in [-0.1, -0.05) is 19.6 Å². The lowest BCUT2D eigenvalue weighted by atomic mass is 10.1. The summed E-state index contributed by atoms with van der Waals surface area (Å²) in [6.07, 6.45) is 2.80. The zero-order chi connectivity index (χ0) is 17.6. The van der Waals surface area contributed by atoms with Crippen molar-refractivity contribution < 1.29 is 4.39 Å². The predicted molar refractivity (Wildman–Crippen MR) is 104 cm³/mol. The number of halogens is 1. The van der Waals surface area contributed by atoms with Crippen molar-refractivity contribution in [3.05, 3.63) is 53.0 Å². The Kier molecular flexibility index (Phi) is 4.96. The first-order chi connectivity index (χ1) is 12.0. The van der Waals surface area contributed by atoms with Gasteiger partial charge in [-0.3, -0.25) is 0 Å². The van der Waals surface area contributed by atoms with E-state index in [2.05, 4.69) is 20.5 Å². The Morgan fingerprint density at radius 2 is 2.08 bits per heavy atom. The molecule has 6 heteroatoms. The lowest BCUT2D eigenvalue weighted by molar-refractivity contribution is 0.617. The van der Waals surface area contributed by atoms with Crippen molar-refractivity contribution in [3.8, 4) is 0 Å². The maximum absolute atomic E-state index is 13.6. The first-order valence-corrected chi connectivity index (χ1v) is 8.59. The average molecular weight is 355 g/mol. The number of nitrogens with two attached hydrogens (primary N) is 1. The second-order valence-electron chi connectivity index (χ2n) is 6.93. The van der Waals surface area contributed by atoms with Crippen LogP contribution >= 0.6 is 0 Å². The third-order valence-electron chi connectivity index (χ3n) is 4.79. The standard InChI is InChI=1S/C19H22FN5.CH4/c1-12-7-17-18(22-9-12)23-19(24-6-5-15(21)11-24)25(17)10-14-3-4-16(20)13(2)8-14;/h3-4,7-9,15H,5-6,10-11,21H2,1-2H3;1H4. The molecule has 1 aromatic carbocycles. The number of benzene rings is 1. The molecule has 3 aromatic rings. The molecule has 1 fully saturated rings. The van der Waals surface area contributed by atoms with Crippen LogP contribution < -0.4 is 10.6 Å². The van der Waals surface area contributed by atoms with Gasteiger partial charge in [-0.25, -0.2) is 9.37 Å². The van der Waals surface area contributed by atoms with E-state index in [4.69, 9.17) is 10.7 Å². The van der Waals surface area contributed by atoms with Crippen molar-refractivity contribution >= 4 is 17.1 Å². The third kappa shape index (κ3) is 3.29. The van der Waals surface area contributed by atoms with Crippen molar-refractivity contribution in [2.24, 2.45) is 5.73 Å². The molecule has 1 saturated heterocycles. The van der Waals surface area contributed by atoms with E-state index in [1.807, 2.05) is 25.3 Å². The summed E-state index contributed by atoms with van der Waals surface area (Å²) in [5.41, 5.74) is 10.6. The molecular weight excluding hydrogens is 329 g/mol. The molecule has 0 amide bonds. The summed E-state index contributed by atoms with van der Waals surface area (Å²) in [4.78, 5) is 11.5. The van der Waals surface area contributed by atoms with E-state index < -0.39 is 0 Å². The SMILES string of the molecule is C.Cc1cnc2nc(N3CCC(N)C3)n(Cc3ccc(F)c(C)c3)c2c1. The van der Waals surface area contributed by atoms with Crippen molar-refractivity contribution in [1.82, 2.24) is 14.5 Å². The summed E-state index contributed by atoms with van der Waals surface area (Å²) in [5, 5.41) is 0. The van der Waals surface area contributed by atoms with Crippen molar-refractivity contribution in [1.29, 1.82) is 0 Å². The lowest BCUT2D eigenvalue weighted by Crippen LogP contribution is -2.28. The van der Waals surface area contributed by atoms with E-state index in [-0.39, 0.29) is 19.3 Å². The molecule has 1 atom stereocenters. The normalized spacial score (nSPS) is 16.9. The maximum Gasteiger partial charge on any atom is 0.208 e. The van der Waals surface area contributed by atoms with E-state index in [0.717, 1.165) is 47.7 Å². The van der Waals surface area contributed by atoms with E-state index in [0.29, 0.717) is 12.1 Å². The van der Waals surface area contributed by atoms with Crippen LogP contribution in [0.25, 0.3) is 11.2 Å². The Morgan fingerprint density at radius 3 is 2.77 bits per heavy atom. The topological polar surface area (TPSA) is 60.0 Å². The summed E-state index contributed by atoms with van der Waals surface area (Å²) < 4.78 is 15.8. The minimum absolute atomic E-state index is 0. The molecule has 1 aliphatic rings. The van der Waals surface area contributed by atoms with E-state index in [1.165, 1.54) is 6.07 Å². The molecule has 26 heavy (non-hydrogen) atoms. The number of anilines is 1. The van der Waals surface area contributed by atoms with Crippen LogP contribution in [0.4, 0.5) is 10.3 Å². The van der Waals surface area contributed by atoms with Crippen LogP contribution in [0, 0.1) is 19.7 Å². The molecule has 1 aliphatic heterocycles. The number of aromatic nitrogens is 3. The van der Waals surface area contributed by atoms with Crippen molar-refractivity contribution in [2.75, 3.05) is 18.0 Å². The van der Waals surface area contributed by atoms with Gasteiger partial charge in [0.15, 0.2) is 5.65 Å². The molecule has 4 rings (SSSR count). The van der Waals surface area contributed by atoms with E-state index in [9.17, 15) is 4.39 Å². The van der Waals surface area contributed by atoms with Gasteiger partial charge >= 0.3 is 0 Å². The van der Waals surface area contributed by atoms with Crippen molar-refractivity contribution in [2.45, 2.75) is 40.3 Å². The van der Waals surface area contributed by atoms with Crippen LogP contribution in [0.15, 0.2) is 30.5 Å². The molecule has 2 aromatic heterocycles. The highest BCUT2D eigenvalue weighted by Gasteiger charge is 2.25. The van der Waals surface area contributed by atoms with Crippen LogP contribution in [0.5, 0.6) is 0 Å². The Morgan fingerprint density at radius 1 is 1.27 bits per heavy atom. The third-order valence-corrected chi connectivity index (χ3v) is 4.79. The van der Waals surface area contributed by atoms with Gasteiger partial charge < -0.3 is 15.2 Å². The predicted octanol–water partition coefficient (Wildman–Crippen LogP) is 3.41. The van der Waals surface area contributed by atoms with Gasteiger partial charge in [0.25, 0.3) is 0 Å². The number of hydrogen-bond donors (Lipinski definition) is 1.